The Balaban J connectivity index is 2.21. The Morgan fingerprint density at radius 1 is 1.43 bits per heavy atom. The first-order valence-corrected chi connectivity index (χ1v) is 8.37. The Hall–Kier alpha value is -2.49. The summed E-state index contributed by atoms with van der Waals surface area (Å²) in [6.07, 6.45) is 0.839. The molecule has 124 valence electrons. The molecule has 0 spiro atoms. The van der Waals surface area contributed by atoms with E-state index in [1.807, 2.05) is 0 Å². The minimum absolute atomic E-state index is 0.0428. The van der Waals surface area contributed by atoms with Crippen LogP contribution in [0.15, 0.2) is 28.8 Å². The highest BCUT2D eigenvalue weighted by Crippen LogP contribution is 2.20. The molecule has 0 saturated carbocycles. The summed E-state index contributed by atoms with van der Waals surface area (Å²) in [4.78, 5) is 14.4. The molecule has 1 aromatic carbocycles. The molecule has 0 saturated heterocycles. The molecule has 0 aliphatic heterocycles. The topological polar surface area (TPSA) is 114 Å². The molecule has 1 heterocycles. The van der Waals surface area contributed by atoms with Crippen molar-refractivity contribution in [2.45, 2.75) is 19.4 Å². The fraction of sp³-hybridized carbons (Fsp3) is 0.308. The Kier molecular flexibility index (Phi) is 4.94. The number of rotatable bonds is 7. The number of hydrogen-bond acceptors (Lipinski definition) is 6. The number of halogens is 1. The van der Waals surface area contributed by atoms with Gasteiger partial charge in [-0.05, 0) is 18.2 Å². The molecule has 0 bridgehead atoms. The van der Waals surface area contributed by atoms with Gasteiger partial charge in [0.1, 0.15) is 5.82 Å². The van der Waals surface area contributed by atoms with Crippen LogP contribution >= 0.6 is 0 Å². The molecule has 1 N–H and O–H groups in total. The molecule has 2 rings (SSSR count). The second-order valence-electron chi connectivity index (χ2n) is 4.75. The summed E-state index contributed by atoms with van der Waals surface area (Å²) < 4.78 is 42.9. The van der Waals surface area contributed by atoms with Crippen molar-refractivity contribution in [3.05, 3.63) is 41.8 Å². The van der Waals surface area contributed by atoms with E-state index in [1.165, 1.54) is 18.2 Å². The van der Waals surface area contributed by atoms with Crippen LogP contribution in [0.2, 0.25) is 0 Å². The SMILES string of the molecule is CS(=O)(=O)N(Cc1noc(CCC(=O)O)n1)c1cccc(F)c1. The van der Waals surface area contributed by atoms with Crippen LogP contribution < -0.4 is 4.31 Å². The molecule has 0 aliphatic rings. The number of carboxylic acids is 1. The van der Waals surface area contributed by atoms with Crippen LogP contribution in [0.1, 0.15) is 18.1 Å². The zero-order chi connectivity index (χ0) is 17.0. The van der Waals surface area contributed by atoms with E-state index < -0.39 is 21.8 Å². The molecule has 0 unspecified atom stereocenters. The summed E-state index contributed by atoms with van der Waals surface area (Å²) in [7, 11) is -3.70. The van der Waals surface area contributed by atoms with Crippen molar-refractivity contribution >= 4 is 21.7 Å². The number of benzene rings is 1. The first-order chi connectivity index (χ1) is 10.8. The summed E-state index contributed by atoms with van der Waals surface area (Å²) >= 11 is 0. The maximum atomic E-state index is 13.3. The molecule has 10 heteroatoms. The minimum Gasteiger partial charge on any atom is -0.481 e. The molecule has 1 aromatic heterocycles. The quantitative estimate of drug-likeness (QED) is 0.803. The minimum atomic E-state index is -3.70. The summed E-state index contributed by atoms with van der Waals surface area (Å²) in [5.41, 5.74) is 0.129. The first kappa shape index (κ1) is 16.9. The van der Waals surface area contributed by atoms with Gasteiger partial charge in [0, 0.05) is 6.42 Å². The van der Waals surface area contributed by atoms with Crippen molar-refractivity contribution in [3.63, 3.8) is 0 Å². The maximum absolute atomic E-state index is 13.3. The summed E-state index contributed by atoms with van der Waals surface area (Å²) in [6.45, 7) is -0.251. The predicted octanol–water partition coefficient (Wildman–Crippen LogP) is 1.19. The monoisotopic (exact) mass is 343 g/mol. The Morgan fingerprint density at radius 3 is 2.78 bits per heavy atom. The van der Waals surface area contributed by atoms with Gasteiger partial charge in [0.05, 0.1) is 24.9 Å². The first-order valence-electron chi connectivity index (χ1n) is 6.52. The van der Waals surface area contributed by atoms with Crippen molar-refractivity contribution in [2.75, 3.05) is 10.6 Å². The Morgan fingerprint density at radius 2 is 2.17 bits per heavy atom. The van der Waals surface area contributed by atoms with E-state index in [0.717, 1.165) is 16.6 Å². The highest BCUT2D eigenvalue weighted by atomic mass is 32.2. The highest BCUT2D eigenvalue weighted by molar-refractivity contribution is 7.92. The number of hydrogen-bond donors (Lipinski definition) is 1. The average molecular weight is 343 g/mol. The van der Waals surface area contributed by atoms with Crippen LogP contribution in [0.3, 0.4) is 0 Å². The number of aromatic nitrogens is 2. The second kappa shape index (κ2) is 6.73. The second-order valence-corrected chi connectivity index (χ2v) is 6.65. The molecule has 0 aliphatic carbocycles. The lowest BCUT2D eigenvalue weighted by Gasteiger charge is -2.20. The van der Waals surface area contributed by atoms with Crippen molar-refractivity contribution in [2.24, 2.45) is 0 Å². The van der Waals surface area contributed by atoms with Crippen LogP contribution in [-0.4, -0.2) is 35.9 Å². The lowest BCUT2D eigenvalue weighted by molar-refractivity contribution is -0.137. The van der Waals surface area contributed by atoms with Gasteiger partial charge < -0.3 is 9.63 Å². The number of carbonyl (C=O) groups is 1. The number of aryl methyl sites for hydroxylation is 1. The van der Waals surface area contributed by atoms with E-state index in [9.17, 15) is 17.6 Å². The average Bonchev–Trinajstić information content (AvgIpc) is 2.89. The van der Waals surface area contributed by atoms with Gasteiger partial charge >= 0.3 is 5.97 Å². The predicted molar refractivity (Wildman–Crippen MR) is 77.7 cm³/mol. The van der Waals surface area contributed by atoms with E-state index in [4.69, 9.17) is 9.63 Å². The molecule has 23 heavy (non-hydrogen) atoms. The standard InChI is InChI=1S/C13H14FN3O5S/c1-23(20,21)17(10-4-2-3-9(14)7-10)8-11-15-12(22-16-11)5-6-13(18)19/h2-4,7H,5-6,8H2,1H3,(H,18,19). The fourth-order valence-corrected chi connectivity index (χ4v) is 2.68. The third-order valence-electron chi connectivity index (χ3n) is 2.84. The van der Waals surface area contributed by atoms with E-state index in [0.29, 0.717) is 0 Å². The van der Waals surface area contributed by atoms with Crippen LogP contribution in [0.4, 0.5) is 10.1 Å². The van der Waals surface area contributed by atoms with Crippen LogP contribution in [0, 0.1) is 5.82 Å². The summed E-state index contributed by atoms with van der Waals surface area (Å²) in [6, 6.07) is 5.10. The third-order valence-corrected chi connectivity index (χ3v) is 3.99. The maximum Gasteiger partial charge on any atom is 0.303 e. The summed E-state index contributed by atoms with van der Waals surface area (Å²) in [5.74, 6) is -1.44. The lowest BCUT2D eigenvalue weighted by Crippen LogP contribution is -2.29. The molecular formula is C13H14FN3O5S. The molecule has 0 amide bonds. The Bertz CT molecular complexity index is 805. The van der Waals surface area contributed by atoms with Gasteiger partial charge in [0.25, 0.3) is 0 Å². The van der Waals surface area contributed by atoms with Crippen molar-refractivity contribution in [1.82, 2.24) is 10.1 Å². The molecule has 0 fully saturated rings. The van der Waals surface area contributed by atoms with Crippen LogP contribution in [0.25, 0.3) is 0 Å². The molecule has 8 nitrogen and oxygen atoms in total. The fourth-order valence-electron chi connectivity index (χ4n) is 1.83. The largest absolute Gasteiger partial charge is 0.481 e. The van der Waals surface area contributed by atoms with Gasteiger partial charge in [-0.15, -0.1) is 0 Å². The van der Waals surface area contributed by atoms with Crippen molar-refractivity contribution in [3.8, 4) is 0 Å². The van der Waals surface area contributed by atoms with Crippen LogP contribution in [0.5, 0.6) is 0 Å². The number of aliphatic carboxylic acids is 1. The summed E-state index contributed by atoms with van der Waals surface area (Å²) in [5, 5.41) is 12.2. The molecular weight excluding hydrogens is 329 g/mol. The van der Waals surface area contributed by atoms with E-state index in [2.05, 4.69) is 10.1 Å². The number of carboxylic acid groups (broad SMARTS) is 1. The Labute approximate surface area is 131 Å². The van der Waals surface area contributed by atoms with E-state index >= 15 is 0 Å². The van der Waals surface area contributed by atoms with Crippen molar-refractivity contribution < 1.29 is 27.2 Å². The van der Waals surface area contributed by atoms with Gasteiger partial charge in [-0.2, -0.15) is 4.98 Å². The zero-order valence-corrected chi connectivity index (χ0v) is 13.0. The number of anilines is 1. The number of sulfonamides is 1. The van der Waals surface area contributed by atoms with Crippen LogP contribution in [-0.2, 0) is 27.8 Å². The van der Waals surface area contributed by atoms with E-state index in [-0.39, 0.29) is 36.8 Å². The normalized spacial score (nSPS) is 11.4. The molecule has 0 radical (unpaired) electrons. The zero-order valence-electron chi connectivity index (χ0n) is 12.1. The van der Waals surface area contributed by atoms with Gasteiger partial charge in [0.2, 0.25) is 15.9 Å². The van der Waals surface area contributed by atoms with Gasteiger partial charge in [-0.1, -0.05) is 11.2 Å². The van der Waals surface area contributed by atoms with Crippen molar-refractivity contribution in [1.29, 1.82) is 0 Å². The number of nitrogens with zero attached hydrogens (tertiary/aromatic N) is 3. The van der Waals surface area contributed by atoms with E-state index in [1.54, 1.807) is 0 Å². The van der Waals surface area contributed by atoms with Gasteiger partial charge in [0.15, 0.2) is 5.82 Å². The molecule has 0 atom stereocenters. The molecule has 2 aromatic rings. The smallest absolute Gasteiger partial charge is 0.303 e. The lowest BCUT2D eigenvalue weighted by atomic mass is 10.3. The van der Waals surface area contributed by atoms with Gasteiger partial charge in [-0.25, -0.2) is 12.8 Å². The third kappa shape index (κ3) is 4.74. The van der Waals surface area contributed by atoms with Gasteiger partial charge in [-0.3, -0.25) is 9.10 Å². The highest BCUT2D eigenvalue weighted by Gasteiger charge is 2.21.